The molecule has 0 unspecified atom stereocenters. The summed E-state index contributed by atoms with van der Waals surface area (Å²) in [6.45, 7) is 4.11. The van der Waals surface area contributed by atoms with Gasteiger partial charge < -0.3 is 9.47 Å². The summed E-state index contributed by atoms with van der Waals surface area (Å²) < 4.78 is 12.0. The van der Waals surface area contributed by atoms with Crippen LogP contribution in [0.1, 0.15) is 13.8 Å². The number of ether oxygens (including phenoxy) is 2. The van der Waals surface area contributed by atoms with Crippen molar-refractivity contribution in [3.05, 3.63) is 72.8 Å². The summed E-state index contributed by atoms with van der Waals surface area (Å²) in [6.07, 6.45) is 0.0934. The molecule has 0 aliphatic rings. The summed E-state index contributed by atoms with van der Waals surface area (Å²) in [7, 11) is 1.72. The molecule has 0 saturated heterocycles. The predicted molar refractivity (Wildman–Crippen MR) is 109 cm³/mol. The number of benzene rings is 4. The summed E-state index contributed by atoms with van der Waals surface area (Å²) in [4.78, 5) is 0. The van der Waals surface area contributed by atoms with Crippen molar-refractivity contribution in [3.8, 4) is 22.6 Å². The summed E-state index contributed by atoms with van der Waals surface area (Å²) in [5.41, 5.74) is 2.17. The molecule has 0 spiro atoms. The third-order valence-corrected chi connectivity index (χ3v) is 4.61. The number of hydrogen-bond donors (Lipinski definition) is 0. The van der Waals surface area contributed by atoms with E-state index < -0.39 is 0 Å². The first kappa shape index (κ1) is 16.5. The van der Waals surface area contributed by atoms with Gasteiger partial charge in [-0.1, -0.05) is 60.7 Å². The standard InChI is InChI=1S/C24H22O2/c1-16(2)26-22-15-13-18-9-5-7-11-20(18)24(22)23-19-10-6-4-8-17(19)12-14-21(23)25-3/h4-16H,1-3H3. The number of hydrogen-bond acceptors (Lipinski definition) is 2. The molecule has 0 radical (unpaired) electrons. The largest absolute Gasteiger partial charge is 0.496 e. The maximum Gasteiger partial charge on any atom is 0.128 e. The highest BCUT2D eigenvalue weighted by atomic mass is 16.5. The Morgan fingerprint density at radius 1 is 0.615 bits per heavy atom. The van der Waals surface area contributed by atoms with Crippen molar-refractivity contribution in [1.82, 2.24) is 0 Å². The van der Waals surface area contributed by atoms with Gasteiger partial charge in [0.1, 0.15) is 11.5 Å². The van der Waals surface area contributed by atoms with E-state index in [4.69, 9.17) is 9.47 Å². The van der Waals surface area contributed by atoms with Gasteiger partial charge in [0.05, 0.1) is 13.2 Å². The molecule has 0 amide bonds. The van der Waals surface area contributed by atoms with Crippen LogP contribution in [-0.2, 0) is 0 Å². The first-order valence-electron chi connectivity index (χ1n) is 8.93. The fraction of sp³-hybridized carbons (Fsp3) is 0.167. The molecule has 0 atom stereocenters. The summed E-state index contributed by atoms with van der Waals surface area (Å²) in [5.74, 6) is 1.74. The van der Waals surface area contributed by atoms with Crippen molar-refractivity contribution in [3.63, 3.8) is 0 Å². The maximum atomic E-state index is 6.20. The Morgan fingerprint density at radius 2 is 1.12 bits per heavy atom. The van der Waals surface area contributed by atoms with Gasteiger partial charge in [-0.25, -0.2) is 0 Å². The lowest BCUT2D eigenvalue weighted by atomic mass is 9.92. The van der Waals surface area contributed by atoms with Crippen molar-refractivity contribution in [2.75, 3.05) is 7.11 Å². The third-order valence-electron chi connectivity index (χ3n) is 4.61. The van der Waals surface area contributed by atoms with Crippen molar-refractivity contribution in [1.29, 1.82) is 0 Å². The SMILES string of the molecule is COc1ccc2ccccc2c1-c1c(OC(C)C)ccc2ccccc12. The zero-order valence-corrected chi connectivity index (χ0v) is 15.3. The molecular weight excluding hydrogens is 320 g/mol. The topological polar surface area (TPSA) is 18.5 Å². The van der Waals surface area contributed by atoms with Crippen LogP contribution in [0, 0.1) is 0 Å². The Bertz CT molecular complexity index is 1080. The molecule has 130 valence electrons. The molecule has 0 fully saturated rings. The van der Waals surface area contributed by atoms with Gasteiger partial charge in [0.25, 0.3) is 0 Å². The monoisotopic (exact) mass is 342 g/mol. The van der Waals surface area contributed by atoms with E-state index in [-0.39, 0.29) is 6.10 Å². The molecule has 0 aliphatic carbocycles. The number of methoxy groups -OCH3 is 1. The Balaban J connectivity index is 2.16. The van der Waals surface area contributed by atoms with Gasteiger partial charge in [0.2, 0.25) is 0 Å². The first-order valence-corrected chi connectivity index (χ1v) is 8.93. The molecule has 26 heavy (non-hydrogen) atoms. The fourth-order valence-corrected chi connectivity index (χ4v) is 3.54. The molecule has 0 aromatic heterocycles. The maximum absolute atomic E-state index is 6.20. The molecule has 0 heterocycles. The van der Waals surface area contributed by atoms with E-state index in [0.717, 1.165) is 28.0 Å². The van der Waals surface area contributed by atoms with Crippen molar-refractivity contribution in [2.45, 2.75) is 20.0 Å². The van der Waals surface area contributed by atoms with E-state index in [1.54, 1.807) is 7.11 Å². The number of fused-ring (bicyclic) bond motifs is 2. The average Bonchev–Trinajstić information content (AvgIpc) is 2.67. The minimum absolute atomic E-state index is 0.0934. The van der Waals surface area contributed by atoms with Crippen molar-refractivity contribution in [2.24, 2.45) is 0 Å². The van der Waals surface area contributed by atoms with Crippen molar-refractivity contribution < 1.29 is 9.47 Å². The number of rotatable bonds is 4. The summed E-state index contributed by atoms with van der Waals surface area (Å²) >= 11 is 0. The van der Waals surface area contributed by atoms with E-state index in [1.807, 2.05) is 6.07 Å². The van der Waals surface area contributed by atoms with Crippen molar-refractivity contribution >= 4 is 21.5 Å². The van der Waals surface area contributed by atoms with Gasteiger partial charge >= 0.3 is 0 Å². The summed E-state index contributed by atoms with van der Waals surface area (Å²) in [5, 5.41) is 4.71. The highest BCUT2D eigenvalue weighted by Crippen LogP contribution is 2.45. The van der Waals surface area contributed by atoms with Crippen LogP contribution in [-0.4, -0.2) is 13.2 Å². The van der Waals surface area contributed by atoms with E-state index in [2.05, 4.69) is 80.6 Å². The van der Waals surface area contributed by atoms with Gasteiger partial charge in [-0.2, -0.15) is 0 Å². The van der Waals surface area contributed by atoms with Gasteiger partial charge in [0.15, 0.2) is 0 Å². The molecule has 2 heteroatoms. The lowest BCUT2D eigenvalue weighted by Gasteiger charge is -2.20. The van der Waals surface area contributed by atoms with Crippen LogP contribution in [0.3, 0.4) is 0 Å². The molecule has 4 aromatic carbocycles. The van der Waals surface area contributed by atoms with Gasteiger partial charge in [-0.3, -0.25) is 0 Å². The molecule has 0 aliphatic heterocycles. The third kappa shape index (κ3) is 2.78. The van der Waals surface area contributed by atoms with Crippen LogP contribution in [0.5, 0.6) is 11.5 Å². The Morgan fingerprint density at radius 3 is 1.65 bits per heavy atom. The van der Waals surface area contributed by atoms with Crippen LogP contribution in [0.2, 0.25) is 0 Å². The van der Waals surface area contributed by atoms with Crippen LogP contribution in [0.15, 0.2) is 72.8 Å². The molecule has 4 rings (SSSR count). The minimum atomic E-state index is 0.0934. The molecule has 4 aromatic rings. The van der Waals surface area contributed by atoms with Gasteiger partial charge in [-0.05, 0) is 47.5 Å². The van der Waals surface area contributed by atoms with E-state index >= 15 is 0 Å². The summed E-state index contributed by atoms with van der Waals surface area (Å²) in [6, 6.07) is 25.2. The Labute approximate surface area is 154 Å². The predicted octanol–water partition coefficient (Wildman–Crippen LogP) is 6.46. The lowest BCUT2D eigenvalue weighted by Crippen LogP contribution is -2.07. The molecule has 0 saturated carbocycles. The van der Waals surface area contributed by atoms with Crippen LogP contribution in [0.4, 0.5) is 0 Å². The second-order valence-corrected chi connectivity index (χ2v) is 6.69. The van der Waals surface area contributed by atoms with Gasteiger partial charge in [-0.15, -0.1) is 0 Å². The normalized spacial score (nSPS) is 11.2. The molecule has 0 N–H and O–H groups in total. The molecule has 2 nitrogen and oxygen atoms in total. The first-order chi connectivity index (χ1) is 12.7. The van der Waals surface area contributed by atoms with Crippen LogP contribution >= 0.6 is 0 Å². The highest BCUT2D eigenvalue weighted by molar-refractivity contribution is 6.09. The lowest BCUT2D eigenvalue weighted by molar-refractivity contribution is 0.243. The smallest absolute Gasteiger partial charge is 0.128 e. The Kier molecular flexibility index (Phi) is 4.26. The van der Waals surface area contributed by atoms with E-state index in [9.17, 15) is 0 Å². The van der Waals surface area contributed by atoms with Crippen LogP contribution < -0.4 is 9.47 Å². The zero-order valence-electron chi connectivity index (χ0n) is 15.3. The quantitative estimate of drug-likeness (QED) is 0.424. The van der Waals surface area contributed by atoms with E-state index in [1.165, 1.54) is 16.2 Å². The second-order valence-electron chi connectivity index (χ2n) is 6.69. The van der Waals surface area contributed by atoms with E-state index in [0.29, 0.717) is 0 Å². The minimum Gasteiger partial charge on any atom is -0.496 e. The Hall–Kier alpha value is -3.00. The average molecular weight is 342 g/mol. The zero-order chi connectivity index (χ0) is 18.1. The second kappa shape index (κ2) is 6.72. The fourth-order valence-electron chi connectivity index (χ4n) is 3.54. The molecular formula is C24H22O2. The van der Waals surface area contributed by atoms with Crippen LogP contribution in [0.25, 0.3) is 32.7 Å². The molecule has 0 bridgehead atoms. The van der Waals surface area contributed by atoms with Gasteiger partial charge in [0, 0.05) is 11.1 Å². The highest BCUT2D eigenvalue weighted by Gasteiger charge is 2.18.